The molecule has 3 heterocycles. The third-order valence-corrected chi connectivity index (χ3v) is 5.64. The molecule has 3 rings (SSSR count). The Labute approximate surface area is 147 Å². The van der Waals surface area contributed by atoms with E-state index in [0.717, 1.165) is 31.6 Å². The summed E-state index contributed by atoms with van der Waals surface area (Å²) in [6.07, 6.45) is 9.22. The van der Waals surface area contributed by atoms with Crippen LogP contribution >= 0.6 is 11.3 Å². The number of nitrogens with one attached hydrogen (secondary N) is 1. The van der Waals surface area contributed by atoms with E-state index in [-0.39, 0.29) is 12.1 Å². The van der Waals surface area contributed by atoms with E-state index in [1.807, 2.05) is 29.6 Å². The third-order valence-electron chi connectivity index (χ3n) is 4.74. The van der Waals surface area contributed by atoms with Gasteiger partial charge in [-0.3, -0.25) is 0 Å². The lowest BCUT2D eigenvalue weighted by molar-refractivity contribution is 0.171. The van der Waals surface area contributed by atoms with Crippen LogP contribution in [0.1, 0.15) is 49.4 Å². The number of hydrogen-bond acceptors (Lipinski definition) is 3. The fourth-order valence-corrected chi connectivity index (χ4v) is 4.22. The molecule has 0 spiro atoms. The Morgan fingerprint density at radius 2 is 2.33 bits per heavy atom. The molecule has 0 radical (unpaired) electrons. The van der Waals surface area contributed by atoms with Crippen LogP contribution in [0.15, 0.2) is 29.9 Å². The van der Waals surface area contributed by atoms with Gasteiger partial charge in [0.05, 0.1) is 6.04 Å². The molecular weight excluding hydrogens is 320 g/mol. The number of imidazole rings is 1. The molecule has 2 atom stereocenters. The normalized spacial score (nSPS) is 19.8. The Balaban J connectivity index is 1.68. The number of aryl methyl sites for hydroxylation is 1. The molecule has 2 aromatic heterocycles. The molecule has 5 nitrogen and oxygen atoms in total. The molecule has 2 unspecified atom stereocenters. The van der Waals surface area contributed by atoms with Crippen LogP contribution in [-0.2, 0) is 13.5 Å². The van der Waals surface area contributed by atoms with Gasteiger partial charge in [-0.1, -0.05) is 18.9 Å². The summed E-state index contributed by atoms with van der Waals surface area (Å²) in [4.78, 5) is 20.6. The number of urea groups is 1. The van der Waals surface area contributed by atoms with E-state index in [1.165, 1.54) is 17.7 Å². The highest BCUT2D eigenvalue weighted by Crippen LogP contribution is 2.23. The fraction of sp³-hybridized carbons (Fsp3) is 0.556. The van der Waals surface area contributed by atoms with Crippen molar-refractivity contribution < 1.29 is 4.79 Å². The van der Waals surface area contributed by atoms with Crippen molar-refractivity contribution in [3.05, 3.63) is 40.6 Å². The van der Waals surface area contributed by atoms with Crippen LogP contribution in [-0.4, -0.2) is 33.1 Å². The lowest BCUT2D eigenvalue weighted by atomic mass is 10.1. The lowest BCUT2D eigenvalue weighted by Crippen LogP contribution is -2.47. The molecule has 2 aromatic rings. The van der Waals surface area contributed by atoms with Crippen LogP contribution in [0.2, 0.25) is 0 Å². The standard InChI is InChI=1S/C18H26N4OS/c1-14(17-19-9-11-21(17)2)20-18(23)22-10-5-3-4-7-15(22)13-16-8-6-12-24-16/h6,8-9,11-12,14-15H,3-5,7,10,13H2,1-2H3,(H,20,23). The van der Waals surface area contributed by atoms with Gasteiger partial charge in [0.1, 0.15) is 5.82 Å². The molecule has 130 valence electrons. The number of amides is 2. The average Bonchev–Trinajstić information content (AvgIpc) is 3.15. The first-order valence-corrected chi connectivity index (χ1v) is 9.60. The largest absolute Gasteiger partial charge is 0.336 e. The van der Waals surface area contributed by atoms with Crippen molar-refractivity contribution in [2.75, 3.05) is 6.54 Å². The van der Waals surface area contributed by atoms with Crippen molar-refractivity contribution in [2.45, 2.75) is 51.1 Å². The van der Waals surface area contributed by atoms with E-state index in [1.54, 1.807) is 17.5 Å². The van der Waals surface area contributed by atoms with Crippen LogP contribution in [0.25, 0.3) is 0 Å². The molecule has 1 fully saturated rings. The molecule has 0 aliphatic carbocycles. The summed E-state index contributed by atoms with van der Waals surface area (Å²) in [5.74, 6) is 0.882. The molecule has 1 saturated heterocycles. The van der Waals surface area contributed by atoms with E-state index in [0.29, 0.717) is 6.04 Å². The number of aromatic nitrogens is 2. The third kappa shape index (κ3) is 3.98. The summed E-state index contributed by atoms with van der Waals surface area (Å²) in [6, 6.07) is 4.49. The van der Waals surface area contributed by atoms with Crippen LogP contribution in [0.5, 0.6) is 0 Å². The van der Waals surface area contributed by atoms with E-state index in [2.05, 4.69) is 27.8 Å². The maximum atomic E-state index is 12.9. The van der Waals surface area contributed by atoms with Gasteiger partial charge in [0.2, 0.25) is 0 Å². The van der Waals surface area contributed by atoms with E-state index in [4.69, 9.17) is 0 Å². The van der Waals surface area contributed by atoms with Gasteiger partial charge in [-0.05, 0) is 31.2 Å². The summed E-state index contributed by atoms with van der Waals surface area (Å²) in [5, 5.41) is 5.25. The van der Waals surface area contributed by atoms with Crippen molar-refractivity contribution in [1.82, 2.24) is 19.8 Å². The predicted octanol–water partition coefficient (Wildman–Crippen LogP) is 3.74. The van der Waals surface area contributed by atoms with Crippen LogP contribution in [0, 0.1) is 0 Å². The van der Waals surface area contributed by atoms with Gasteiger partial charge in [0, 0.05) is 43.3 Å². The number of likely N-dealkylation sites (tertiary alicyclic amines) is 1. The quantitative estimate of drug-likeness (QED) is 0.917. The summed E-state index contributed by atoms with van der Waals surface area (Å²) in [6.45, 7) is 2.83. The van der Waals surface area contributed by atoms with Crippen molar-refractivity contribution in [1.29, 1.82) is 0 Å². The van der Waals surface area contributed by atoms with Gasteiger partial charge in [-0.15, -0.1) is 11.3 Å². The lowest BCUT2D eigenvalue weighted by Gasteiger charge is -2.31. The number of rotatable bonds is 4. The Morgan fingerprint density at radius 1 is 1.46 bits per heavy atom. The van der Waals surface area contributed by atoms with Crippen LogP contribution in [0.3, 0.4) is 0 Å². The van der Waals surface area contributed by atoms with Gasteiger partial charge >= 0.3 is 6.03 Å². The second-order valence-electron chi connectivity index (χ2n) is 6.55. The van der Waals surface area contributed by atoms with E-state index in [9.17, 15) is 4.79 Å². The number of carbonyl (C=O) groups is 1. The summed E-state index contributed by atoms with van der Waals surface area (Å²) in [5.41, 5.74) is 0. The smallest absolute Gasteiger partial charge is 0.318 e. The minimum absolute atomic E-state index is 0.0361. The van der Waals surface area contributed by atoms with Crippen molar-refractivity contribution >= 4 is 17.4 Å². The molecule has 24 heavy (non-hydrogen) atoms. The zero-order valence-corrected chi connectivity index (χ0v) is 15.3. The van der Waals surface area contributed by atoms with Crippen molar-refractivity contribution in [3.63, 3.8) is 0 Å². The first-order valence-electron chi connectivity index (χ1n) is 8.72. The molecule has 1 aliphatic rings. The van der Waals surface area contributed by atoms with Crippen LogP contribution in [0.4, 0.5) is 4.79 Å². The van der Waals surface area contributed by atoms with Crippen LogP contribution < -0.4 is 5.32 Å². The topological polar surface area (TPSA) is 50.2 Å². The molecule has 6 heteroatoms. The number of hydrogen-bond donors (Lipinski definition) is 1. The Hall–Kier alpha value is -1.82. The average molecular weight is 347 g/mol. The molecule has 1 aliphatic heterocycles. The Morgan fingerprint density at radius 3 is 3.04 bits per heavy atom. The predicted molar refractivity (Wildman–Crippen MR) is 97.1 cm³/mol. The van der Waals surface area contributed by atoms with E-state index >= 15 is 0 Å². The summed E-state index contributed by atoms with van der Waals surface area (Å²) in [7, 11) is 1.95. The minimum atomic E-state index is -0.0943. The highest BCUT2D eigenvalue weighted by atomic mass is 32.1. The van der Waals surface area contributed by atoms with Gasteiger partial charge in [0.25, 0.3) is 0 Å². The summed E-state index contributed by atoms with van der Waals surface area (Å²) >= 11 is 1.78. The maximum absolute atomic E-state index is 12.9. The number of nitrogens with zero attached hydrogens (tertiary/aromatic N) is 3. The Bertz CT molecular complexity index is 652. The SMILES string of the molecule is CC(NC(=O)N1CCCCCC1Cc1cccs1)c1nccn1C. The first kappa shape index (κ1) is 17.0. The van der Waals surface area contributed by atoms with Gasteiger partial charge in [-0.25, -0.2) is 9.78 Å². The zero-order chi connectivity index (χ0) is 16.9. The minimum Gasteiger partial charge on any atom is -0.336 e. The molecule has 2 amide bonds. The van der Waals surface area contributed by atoms with Gasteiger partial charge < -0.3 is 14.8 Å². The van der Waals surface area contributed by atoms with Gasteiger partial charge in [-0.2, -0.15) is 0 Å². The second kappa shape index (κ2) is 7.83. The molecule has 1 N–H and O–H groups in total. The second-order valence-corrected chi connectivity index (χ2v) is 7.58. The fourth-order valence-electron chi connectivity index (χ4n) is 3.44. The number of carbonyl (C=O) groups excluding carboxylic acids is 1. The van der Waals surface area contributed by atoms with Crippen molar-refractivity contribution in [2.24, 2.45) is 7.05 Å². The molecule has 0 saturated carbocycles. The molecular formula is C18H26N4OS. The maximum Gasteiger partial charge on any atom is 0.318 e. The number of thiophene rings is 1. The zero-order valence-electron chi connectivity index (χ0n) is 14.4. The highest BCUT2D eigenvalue weighted by molar-refractivity contribution is 7.09. The monoisotopic (exact) mass is 346 g/mol. The molecule has 0 bridgehead atoms. The van der Waals surface area contributed by atoms with Gasteiger partial charge in [0.15, 0.2) is 0 Å². The first-order chi connectivity index (χ1) is 11.6. The highest BCUT2D eigenvalue weighted by Gasteiger charge is 2.27. The van der Waals surface area contributed by atoms with Crippen molar-refractivity contribution in [3.8, 4) is 0 Å². The summed E-state index contributed by atoms with van der Waals surface area (Å²) < 4.78 is 1.95. The van der Waals surface area contributed by atoms with E-state index < -0.39 is 0 Å². The molecule has 0 aromatic carbocycles. The Kier molecular flexibility index (Phi) is 5.56.